The molecule has 0 aromatic heterocycles. The van der Waals surface area contributed by atoms with E-state index in [1.807, 2.05) is 18.2 Å². The third-order valence-electron chi connectivity index (χ3n) is 3.35. The Hall–Kier alpha value is -1.10. The monoisotopic (exact) mass is 310 g/mol. The lowest BCUT2D eigenvalue weighted by molar-refractivity contribution is 0.157. The molecule has 1 atom stereocenters. The molecule has 1 rings (SSSR count). The highest BCUT2D eigenvalue weighted by Crippen LogP contribution is 2.28. The van der Waals surface area contributed by atoms with E-state index in [2.05, 4.69) is 44.0 Å². The van der Waals surface area contributed by atoms with Gasteiger partial charge in [-0.1, -0.05) is 45.4 Å². The number of para-hydroxylation sites is 1. The number of likely N-dealkylation sites (N-methyl/N-ethyl adjacent to an activating group) is 1. The van der Waals surface area contributed by atoms with Gasteiger partial charge in [-0.3, -0.25) is 4.90 Å². The molecule has 128 valence electrons. The second-order valence-electron chi connectivity index (χ2n) is 5.24. The number of nitrogens with zero attached hydrogens (tertiary/aromatic N) is 1. The third-order valence-corrected chi connectivity index (χ3v) is 3.35. The highest BCUT2D eigenvalue weighted by Gasteiger charge is 2.18. The molecule has 2 N–H and O–H groups in total. The van der Waals surface area contributed by atoms with Gasteiger partial charge >= 0.3 is 0 Å². The molecule has 0 aliphatic carbocycles. The predicted molar refractivity (Wildman–Crippen MR) is 94.6 cm³/mol. The van der Waals surface area contributed by atoms with Crippen LogP contribution in [-0.2, 0) is 0 Å². The fourth-order valence-corrected chi connectivity index (χ4v) is 2.24. The topological polar surface area (TPSA) is 44.7 Å². The number of benzene rings is 1. The first-order valence-corrected chi connectivity index (χ1v) is 8.34. The number of ether oxygens (including phenoxy) is 1. The molecule has 0 heterocycles. The van der Waals surface area contributed by atoms with Crippen LogP contribution in [0.4, 0.5) is 0 Å². The Balaban J connectivity index is 0.00000135. The van der Waals surface area contributed by atoms with Crippen molar-refractivity contribution in [3.05, 3.63) is 29.8 Å². The quantitative estimate of drug-likeness (QED) is 0.688. The summed E-state index contributed by atoms with van der Waals surface area (Å²) in [5.74, 6) is 0.904. The smallest absolute Gasteiger partial charge is 0.123 e. The van der Waals surface area contributed by atoms with Gasteiger partial charge in [0.1, 0.15) is 5.75 Å². The van der Waals surface area contributed by atoms with Gasteiger partial charge in [-0.15, -0.1) is 0 Å². The number of aliphatic hydroxyl groups excluding tert-OH is 1. The van der Waals surface area contributed by atoms with Gasteiger partial charge in [0.15, 0.2) is 0 Å². The molecule has 1 aromatic carbocycles. The lowest BCUT2D eigenvalue weighted by atomic mass is 10.1. The van der Waals surface area contributed by atoms with Gasteiger partial charge in [0, 0.05) is 31.2 Å². The SMILES string of the molecule is CCC.CCNCCN(CCO)[C@@H](C)c1ccccc1OC. The summed E-state index contributed by atoms with van der Waals surface area (Å²) in [5, 5.41) is 12.5. The molecule has 1 aromatic rings. The fourth-order valence-electron chi connectivity index (χ4n) is 2.24. The summed E-state index contributed by atoms with van der Waals surface area (Å²) in [6, 6.07) is 8.29. The molecule has 0 saturated carbocycles. The van der Waals surface area contributed by atoms with Gasteiger partial charge in [0.25, 0.3) is 0 Å². The van der Waals surface area contributed by atoms with Crippen molar-refractivity contribution in [3.8, 4) is 5.75 Å². The lowest BCUT2D eigenvalue weighted by Crippen LogP contribution is -2.36. The Morgan fingerprint density at radius 1 is 1.18 bits per heavy atom. The van der Waals surface area contributed by atoms with Crippen LogP contribution >= 0.6 is 0 Å². The summed E-state index contributed by atoms with van der Waals surface area (Å²) in [5.41, 5.74) is 1.16. The summed E-state index contributed by atoms with van der Waals surface area (Å²) in [7, 11) is 1.70. The van der Waals surface area contributed by atoms with Crippen LogP contribution in [0.3, 0.4) is 0 Å². The Bertz CT molecular complexity index is 372. The first-order chi connectivity index (χ1) is 10.7. The van der Waals surface area contributed by atoms with Crippen LogP contribution in [0.5, 0.6) is 5.75 Å². The molecule has 0 aliphatic heterocycles. The number of hydrogen-bond acceptors (Lipinski definition) is 4. The van der Waals surface area contributed by atoms with Crippen LogP contribution in [0.15, 0.2) is 24.3 Å². The molecule has 0 saturated heterocycles. The maximum Gasteiger partial charge on any atom is 0.123 e. The highest BCUT2D eigenvalue weighted by atomic mass is 16.5. The fraction of sp³-hybridized carbons (Fsp3) is 0.667. The Kier molecular flexibility index (Phi) is 12.9. The first-order valence-electron chi connectivity index (χ1n) is 8.34. The van der Waals surface area contributed by atoms with E-state index in [4.69, 9.17) is 4.74 Å². The molecular weight excluding hydrogens is 276 g/mol. The zero-order valence-electron chi connectivity index (χ0n) is 14.9. The van der Waals surface area contributed by atoms with E-state index in [0.717, 1.165) is 30.9 Å². The first kappa shape index (κ1) is 20.9. The number of aliphatic hydroxyl groups is 1. The van der Waals surface area contributed by atoms with Gasteiger partial charge in [0.2, 0.25) is 0 Å². The average Bonchev–Trinajstić information content (AvgIpc) is 2.54. The van der Waals surface area contributed by atoms with E-state index in [1.165, 1.54) is 6.42 Å². The predicted octanol–water partition coefficient (Wildman–Crippen LogP) is 3.08. The number of nitrogens with one attached hydrogen (secondary N) is 1. The summed E-state index contributed by atoms with van der Waals surface area (Å²) < 4.78 is 5.42. The lowest BCUT2D eigenvalue weighted by Gasteiger charge is -2.29. The zero-order valence-corrected chi connectivity index (χ0v) is 14.9. The van der Waals surface area contributed by atoms with Gasteiger partial charge in [0.05, 0.1) is 13.7 Å². The summed E-state index contributed by atoms with van der Waals surface area (Å²) in [6.07, 6.45) is 1.25. The highest BCUT2D eigenvalue weighted by molar-refractivity contribution is 5.35. The van der Waals surface area contributed by atoms with Crippen LogP contribution in [0.2, 0.25) is 0 Å². The molecule has 0 unspecified atom stereocenters. The maximum absolute atomic E-state index is 9.22. The van der Waals surface area contributed by atoms with Crippen molar-refractivity contribution in [2.75, 3.05) is 39.9 Å². The molecule has 0 bridgehead atoms. The van der Waals surface area contributed by atoms with Crippen LogP contribution in [0, 0.1) is 0 Å². The van der Waals surface area contributed by atoms with E-state index in [0.29, 0.717) is 6.54 Å². The van der Waals surface area contributed by atoms with Crippen molar-refractivity contribution in [2.45, 2.75) is 40.2 Å². The van der Waals surface area contributed by atoms with Crippen molar-refractivity contribution in [1.82, 2.24) is 10.2 Å². The Morgan fingerprint density at radius 2 is 1.82 bits per heavy atom. The Labute approximate surface area is 136 Å². The van der Waals surface area contributed by atoms with Gasteiger partial charge in [-0.25, -0.2) is 0 Å². The summed E-state index contributed by atoms with van der Waals surface area (Å²) >= 11 is 0. The van der Waals surface area contributed by atoms with Gasteiger partial charge in [-0.2, -0.15) is 0 Å². The van der Waals surface area contributed by atoms with Crippen molar-refractivity contribution < 1.29 is 9.84 Å². The van der Waals surface area contributed by atoms with Crippen LogP contribution in [-0.4, -0.2) is 49.9 Å². The van der Waals surface area contributed by atoms with Gasteiger partial charge in [-0.05, 0) is 19.5 Å². The third kappa shape index (κ3) is 7.78. The minimum absolute atomic E-state index is 0.172. The van der Waals surface area contributed by atoms with Crippen LogP contribution in [0.25, 0.3) is 0 Å². The van der Waals surface area contributed by atoms with Crippen LogP contribution < -0.4 is 10.1 Å². The second-order valence-corrected chi connectivity index (χ2v) is 5.24. The number of rotatable bonds is 9. The number of hydrogen-bond donors (Lipinski definition) is 2. The van der Waals surface area contributed by atoms with Crippen molar-refractivity contribution in [1.29, 1.82) is 0 Å². The van der Waals surface area contributed by atoms with Crippen LogP contribution in [0.1, 0.15) is 45.7 Å². The molecular formula is C18H34N2O2. The maximum atomic E-state index is 9.22. The van der Waals surface area contributed by atoms with E-state index in [9.17, 15) is 5.11 Å². The van der Waals surface area contributed by atoms with Crippen molar-refractivity contribution in [3.63, 3.8) is 0 Å². The normalized spacial score (nSPS) is 11.8. The summed E-state index contributed by atoms with van der Waals surface area (Å²) in [4.78, 5) is 2.26. The molecule has 0 fully saturated rings. The number of methoxy groups -OCH3 is 1. The Morgan fingerprint density at radius 3 is 2.36 bits per heavy atom. The molecule has 4 heteroatoms. The van der Waals surface area contributed by atoms with Crippen molar-refractivity contribution >= 4 is 0 Å². The minimum atomic E-state index is 0.172. The van der Waals surface area contributed by atoms with E-state index in [1.54, 1.807) is 7.11 Å². The molecule has 22 heavy (non-hydrogen) atoms. The minimum Gasteiger partial charge on any atom is -0.496 e. The molecule has 0 spiro atoms. The van der Waals surface area contributed by atoms with E-state index >= 15 is 0 Å². The van der Waals surface area contributed by atoms with E-state index < -0.39 is 0 Å². The molecule has 0 radical (unpaired) electrons. The zero-order chi connectivity index (χ0) is 16.8. The second kappa shape index (κ2) is 13.6. The standard InChI is InChI=1S/C15H26N2O2.C3H8/c1-4-16-9-10-17(11-12-18)13(2)14-7-5-6-8-15(14)19-3;1-3-2/h5-8,13,16,18H,4,9-12H2,1-3H3;3H2,1-2H3/t13-;/m0./s1. The average molecular weight is 310 g/mol. The van der Waals surface area contributed by atoms with Crippen molar-refractivity contribution in [2.24, 2.45) is 0 Å². The van der Waals surface area contributed by atoms with E-state index in [-0.39, 0.29) is 12.6 Å². The van der Waals surface area contributed by atoms with Gasteiger partial charge < -0.3 is 15.2 Å². The molecule has 0 aliphatic rings. The molecule has 0 amide bonds. The largest absolute Gasteiger partial charge is 0.496 e. The summed E-state index contributed by atoms with van der Waals surface area (Å²) in [6.45, 7) is 12.1. The molecule has 4 nitrogen and oxygen atoms in total.